The van der Waals surface area contributed by atoms with Gasteiger partial charge < -0.3 is 10.4 Å². The van der Waals surface area contributed by atoms with E-state index in [1.807, 2.05) is 7.05 Å². The molecule has 2 N–H and O–H groups in total. The molecule has 1 aromatic heterocycles. The summed E-state index contributed by atoms with van der Waals surface area (Å²) < 4.78 is 4.47. The lowest BCUT2D eigenvalue weighted by molar-refractivity contribution is 0.138. The fourth-order valence-electron chi connectivity index (χ4n) is 3.88. The van der Waals surface area contributed by atoms with Gasteiger partial charge in [-0.3, -0.25) is 0 Å². The molecule has 27 heavy (non-hydrogen) atoms. The van der Waals surface area contributed by atoms with Gasteiger partial charge in [-0.25, -0.2) is 4.31 Å². The van der Waals surface area contributed by atoms with Gasteiger partial charge in [-0.1, -0.05) is 24.3 Å². The van der Waals surface area contributed by atoms with Crippen LogP contribution in [0.2, 0.25) is 0 Å². The number of likely N-dealkylation sites (N-methyl/N-ethyl adjacent to an activating group) is 1. The molecule has 6 heteroatoms. The summed E-state index contributed by atoms with van der Waals surface area (Å²) in [4.78, 5) is 0. The summed E-state index contributed by atoms with van der Waals surface area (Å²) in [5.41, 5.74) is 3.05. The Hall–Kier alpha value is -0.370. The van der Waals surface area contributed by atoms with Gasteiger partial charge in [-0.05, 0) is 97.2 Å². The van der Waals surface area contributed by atoms with E-state index in [0.29, 0.717) is 19.0 Å². The molecule has 2 aromatic rings. The van der Waals surface area contributed by atoms with Crippen molar-refractivity contribution >= 4 is 39.2 Å². The molecule has 0 saturated carbocycles. The summed E-state index contributed by atoms with van der Waals surface area (Å²) in [5.74, 6) is 0.692. The summed E-state index contributed by atoms with van der Waals surface area (Å²) in [6.45, 7) is 5.76. The van der Waals surface area contributed by atoms with Gasteiger partial charge in [0.25, 0.3) is 0 Å². The zero-order chi connectivity index (χ0) is 19.4. The van der Waals surface area contributed by atoms with Crippen molar-refractivity contribution < 1.29 is 5.11 Å². The first-order valence-electron chi connectivity index (χ1n) is 9.45. The topological polar surface area (TPSA) is 35.5 Å². The molecule has 1 atom stereocenters. The van der Waals surface area contributed by atoms with Crippen molar-refractivity contribution in [1.29, 1.82) is 0 Å². The van der Waals surface area contributed by atoms with Crippen LogP contribution in [-0.4, -0.2) is 41.2 Å². The van der Waals surface area contributed by atoms with E-state index in [2.05, 4.69) is 75.8 Å². The number of rotatable bonds is 9. The standard InChI is InChI=1S/C21H29BrN2OS2/c1-21(2,12-15-10-16-6-4-5-7-17(16)11-15)23-13-18(25)14-24(3)27-20-9-8-19(22)26-20/h4-9,15,18,23,25H,10-14H2,1-3H3/t18-/m1/s1. The normalized spacial score (nSPS) is 16.1. The van der Waals surface area contributed by atoms with Crippen LogP contribution >= 0.6 is 39.2 Å². The second kappa shape index (κ2) is 9.42. The lowest BCUT2D eigenvalue weighted by Crippen LogP contribution is -2.46. The second-order valence-corrected chi connectivity index (χ2v) is 12.1. The van der Waals surface area contributed by atoms with E-state index in [1.165, 1.54) is 28.2 Å². The van der Waals surface area contributed by atoms with E-state index in [0.717, 1.165) is 10.2 Å². The van der Waals surface area contributed by atoms with E-state index < -0.39 is 0 Å². The molecule has 1 aromatic carbocycles. The molecular weight excluding hydrogens is 440 g/mol. The molecule has 0 spiro atoms. The van der Waals surface area contributed by atoms with Crippen LogP contribution in [0, 0.1) is 5.92 Å². The quantitative estimate of drug-likeness (QED) is 0.508. The SMILES string of the molecule is CN(C[C@H](O)CNC(C)(C)CC1Cc2ccccc2C1)Sc1ccc(Br)s1. The Morgan fingerprint density at radius 2 is 1.93 bits per heavy atom. The van der Waals surface area contributed by atoms with Crippen molar-refractivity contribution in [3.63, 3.8) is 0 Å². The molecule has 0 fully saturated rings. The fraction of sp³-hybridized carbons (Fsp3) is 0.524. The van der Waals surface area contributed by atoms with Gasteiger partial charge in [0.15, 0.2) is 0 Å². The number of hydrogen-bond donors (Lipinski definition) is 2. The molecule has 3 nitrogen and oxygen atoms in total. The molecule has 0 saturated heterocycles. The number of nitrogens with zero attached hydrogens (tertiary/aromatic N) is 1. The highest BCUT2D eigenvalue weighted by atomic mass is 79.9. The zero-order valence-corrected chi connectivity index (χ0v) is 19.5. The van der Waals surface area contributed by atoms with Crippen LogP contribution in [0.1, 0.15) is 31.4 Å². The summed E-state index contributed by atoms with van der Waals surface area (Å²) >= 11 is 6.89. The summed E-state index contributed by atoms with van der Waals surface area (Å²) in [5, 5.41) is 14.0. The zero-order valence-electron chi connectivity index (χ0n) is 16.2. The third kappa shape index (κ3) is 6.58. The monoisotopic (exact) mass is 468 g/mol. The highest BCUT2D eigenvalue weighted by Crippen LogP contribution is 2.33. The number of halogens is 1. The molecule has 1 aliphatic rings. The minimum Gasteiger partial charge on any atom is -0.390 e. The van der Waals surface area contributed by atoms with Crippen molar-refractivity contribution in [3.05, 3.63) is 51.3 Å². The molecule has 0 unspecified atom stereocenters. The van der Waals surface area contributed by atoms with Gasteiger partial charge in [0.05, 0.1) is 14.1 Å². The Kier molecular flexibility index (Phi) is 7.44. The third-order valence-electron chi connectivity index (χ3n) is 5.01. The average molecular weight is 470 g/mol. The van der Waals surface area contributed by atoms with Gasteiger partial charge in [0.1, 0.15) is 0 Å². The number of hydrogen-bond acceptors (Lipinski definition) is 5. The highest BCUT2D eigenvalue weighted by Gasteiger charge is 2.28. The molecule has 3 rings (SSSR count). The first-order valence-corrected chi connectivity index (χ1v) is 11.8. The minimum absolute atomic E-state index is 0.0258. The van der Waals surface area contributed by atoms with Gasteiger partial charge in [-0.2, -0.15) is 0 Å². The van der Waals surface area contributed by atoms with Crippen molar-refractivity contribution in [1.82, 2.24) is 9.62 Å². The van der Waals surface area contributed by atoms with E-state index in [9.17, 15) is 5.11 Å². The van der Waals surface area contributed by atoms with E-state index >= 15 is 0 Å². The van der Waals surface area contributed by atoms with E-state index in [4.69, 9.17) is 0 Å². The Morgan fingerprint density at radius 1 is 1.26 bits per heavy atom. The number of fused-ring (bicyclic) bond motifs is 1. The predicted molar refractivity (Wildman–Crippen MR) is 121 cm³/mol. The van der Waals surface area contributed by atoms with Crippen LogP contribution in [0.4, 0.5) is 0 Å². The Bertz CT molecular complexity index is 724. The first-order chi connectivity index (χ1) is 12.8. The van der Waals surface area contributed by atoms with Crippen LogP contribution in [-0.2, 0) is 12.8 Å². The van der Waals surface area contributed by atoms with Crippen molar-refractivity contribution in [2.45, 2.75) is 49.0 Å². The highest BCUT2D eigenvalue weighted by molar-refractivity contribution is 9.11. The number of benzene rings is 1. The third-order valence-corrected chi connectivity index (χ3v) is 7.68. The molecule has 0 aliphatic heterocycles. The maximum Gasteiger partial charge on any atom is 0.0800 e. The van der Waals surface area contributed by atoms with Crippen molar-refractivity contribution in [2.24, 2.45) is 5.92 Å². The number of β-amino-alcohol motifs (C(OH)–C–C–N with tert-alkyl or cyclic N) is 1. The van der Waals surface area contributed by atoms with Gasteiger partial charge >= 0.3 is 0 Å². The van der Waals surface area contributed by atoms with Crippen LogP contribution < -0.4 is 5.32 Å². The van der Waals surface area contributed by atoms with Gasteiger partial charge in [0, 0.05) is 18.6 Å². The van der Waals surface area contributed by atoms with Crippen LogP contribution in [0.25, 0.3) is 0 Å². The Balaban J connectivity index is 1.40. The molecule has 1 aliphatic carbocycles. The number of aliphatic hydroxyl groups is 1. The van der Waals surface area contributed by atoms with Gasteiger partial charge in [0.2, 0.25) is 0 Å². The maximum atomic E-state index is 10.4. The fourth-order valence-corrected chi connectivity index (χ4v) is 6.81. The predicted octanol–water partition coefficient (Wildman–Crippen LogP) is 4.98. The van der Waals surface area contributed by atoms with Crippen molar-refractivity contribution in [3.8, 4) is 0 Å². The molecule has 148 valence electrons. The summed E-state index contributed by atoms with van der Waals surface area (Å²) in [7, 11) is 2.03. The second-order valence-electron chi connectivity index (χ2n) is 8.13. The average Bonchev–Trinajstić information content (AvgIpc) is 3.17. The lowest BCUT2D eigenvalue weighted by atomic mass is 9.88. The minimum atomic E-state index is -0.383. The largest absolute Gasteiger partial charge is 0.390 e. The molecule has 0 amide bonds. The summed E-state index contributed by atoms with van der Waals surface area (Å²) in [6.07, 6.45) is 3.10. The van der Waals surface area contributed by atoms with Crippen molar-refractivity contribution in [2.75, 3.05) is 20.1 Å². The molecule has 1 heterocycles. The maximum absolute atomic E-state index is 10.4. The lowest BCUT2D eigenvalue weighted by Gasteiger charge is -2.31. The molecule has 0 radical (unpaired) electrons. The number of nitrogens with one attached hydrogen (secondary N) is 1. The molecule has 0 bridgehead atoms. The van der Waals surface area contributed by atoms with E-state index in [1.54, 1.807) is 23.3 Å². The van der Waals surface area contributed by atoms with Gasteiger partial charge in [-0.15, -0.1) is 11.3 Å². The molecular formula is C21H29BrN2OS2. The Morgan fingerprint density at radius 3 is 2.52 bits per heavy atom. The smallest absolute Gasteiger partial charge is 0.0800 e. The van der Waals surface area contributed by atoms with Crippen LogP contribution in [0.3, 0.4) is 0 Å². The first kappa shape index (κ1) is 21.3. The van der Waals surface area contributed by atoms with E-state index in [-0.39, 0.29) is 11.6 Å². The summed E-state index contributed by atoms with van der Waals surface area (Å²) in [6, 6.07) is 13.0. The number of thiophene rings is 1. The Labute approximate surface area is 179 Å². The van der Waals surface area contributed by atoms with Crippen LogP contribution in [0.15, 0.2) is 44.4 Å². The van der Waals surface area contributed by atoms with Crippen LogP contribution in [0.5, 0.6) is 0 Å². The number of aliphatic hydroxyl groups excluding tert-OH is 1.